The van der Waals surface area contributed by atoms with Gasteiger partial charge in [0.05, 0.1) is 0 Å². The van der Waals surface area contributed by atoms with Crippen molar-refractivity contribution >= 4 is 11.9 Å². The number of carboxylic acids is 1. The zero-order valence-corrected chi connectivity index (χ0v) is 9.32. The minimum absolute atomic E-state index is 0.0700. The van der Waals surface area contributed by atoms with Crippen LogP contribution in [0.5, 0.6) is 0 Å². The van der Waals surface area contributed by atoms with Gasteiger partial charge in [-0.15, -0.1) is 0 Å². The standard InChI is InChI=1S/C10H20N2O4/c11-9(14)5-4-8(10(15)16)12-6-2-1-3-7-13/h8,12-13H,1-7H2,(H2,11,14)(H,15,16)/t8-/m0/s1. The molecule has 0 bridgehead atoms. The first-order valence-electron chi connectivity index (χ1n) is 5.43. The molecule has 94 valence electrons. The second-order valence-electron chi connectivity index (χ2n) is 3.63. The molecule has 1 atom stereocenters. The Morgan fingerprint density at radius 2 is 1.94 bits per heavy atom. The monoisotopic (exact) mass is 232 g/mol. The number of primary amides is 1. The van der Waals surface area contributed by atoms with Crippen LogP contribution in [0.2, 0.25) is 0 Å². The number of carbonyl (C=O) groups is 2. The summed E-state index contributed by atoms with van der Waals surface area (Å²) in [6.07, 6.45) is 2.67. The van der Waals surface area contributed by atoms with Crippen LogP contribution in [0.3, 0.4) is 0 Å². The van der Waals surface area contributed by atoms with Crippen LogP contribution in [-0.2, 0) is 9.59 Å². The normalized spacial score (nSPS) is 12.3. The summed E-state index contributed by atoms with van der Waals surface area (Å²) in [6, 6.07) is -0.721. The van der Waals surface area contributed by atoms with Gasteiger partial charge in [0.2, 0.25) is 5.91 Å². The van der Waals surface area contributed by atoms with Crippen LogP contribution in [0.1, 0.15) is 32.1 Å². The van der Waals surface area contributed by atoms with Crippen LogP contribution in [0.25, 0.3) is 0 Å². The second kappa shape index (κ2) is 9.11. The Labute approximate surface area is 94.8 Å². The number of amides is 1. The second-order valence-corrected chi connectivity index (χ2v) is 3.63. The summed E-state index contributed by atoms with van der Waals surface area (Å²) in [4.78, 5) is 21.3. The zero-order chi connectivity index (χ0) is 12.4. The van der Waals surface area contributed by atoms with Gasteiger partial charge in [0.25, 0.3) is 0 Å². The topological polar surface area (TPSA) is 113 Å². The van der Waals surface area contributed by atoms with Gasteiger partial charge in [-0.2, -0.15) is 0 Å². The van der Waals surface area contributed by atoms with E-state index >= 15 is 0 Å². The lowest BCUT2D eigenvalue weighted by molar-refractivity contribution is -0.139. The van der Waals surface area contributed by atoms with Gasteiger partial charge in [-0.25, -0.2) is 0 Å². The van der Waals surface area contributed by atoms with Crippen molar-refractivity contribution in [3.63, 3.8) is 0 Å². The van der Waals surface area contributed by atoms with Crippen LogP contribution in [-0.4, -0.2) is 41.3 Å². The van der Waals surface area contributed by atoms with E-state index in [1.807, 2.05) is 0 Å². The molecule has 1 amide bonds. The number of aliphatic hydroxyl groups is 1. The molecular formula is C10H20N2O4. The van der Waals surface area contributed by atoms with Crippen LogP contribution >= 0.6 is 0 Å². The molecule has 6 nitrogen and oxygen atoms in total. The first-order valence-corrected chi connectivity index (χ1v) is 5.43. The molecule has 5 N–H and O–H groups in total. The molecule has 0 heterocycles. The Bertz CT molecular complexity index is 221. The molecule has 6 heteroatoms. The van der Waals surface area contributed by atoms with E-state index in [0.717, 1.165) is 19.3 Å². The maximum atomic E-state index is 10.8. The van der Waals surface area contributed by atoms with Crippen molar-refractivity contribution in [2.24, 2.45) is 5.73 Å². The highest BCUT2D eigenvalue weighted by Gasteiger charge is 2.16. The number of rotatable bonds is 10. The van der Waals surface area contributed by atoms with Crippen molar-refractivity contribution in [1.82, 2.24) is 5.32 Å². The van der Waals surface area contributed by atoms with Crippen molar-refractivity contribution in [2.45, 2.75) is 38.1 Å². The highest BCUT2D eigenvalue weighted by Crippen LogP contribution is 1.99. The Kier molecular flexibility index (Phi) is 8.46. The van der Waals surface area contributed by atoms with E-state index in [1.54, 1.807) is 0 Å². The van der Waals surface area contributed by atoms with Gasteiger partial charge in [-0.3, -0.25) is 9.59 Å². The van der Waals surface area contributed by atoms with Crippen molar-refractivity contribution in [2.75, 3.05) is 13.2 Å². The number of nitrogens with two attached hydrogens (primary N) is 1. The summed E-state index contributed by atoms with van der Waals surface area (Å²) in [6.45, 7) is 0.722. The summed E-state index contributed by atoms with van der Waals surface area (Å²) < 4.78 is 0. The summed E-state index contributed by atoms with van der Waals surface area (Å²) in [5, 5.41) is 20.2. The van der Waals surface area contributed by atoms with Crippen molar-refractivity contribution in [3.8, 4) is 0 Å². The van der Waals surface area contributed by atoms with E-state index in [9.17, 15) is 9.59 Å². The third kappa shape index (κ3) is 8.19. The van der Waals surface area contributed by atoms with E-state index in [2.05, 4.69) is 5.32 Å². The molecule has 0 aliphatic heterocycles. The predicted molar refractivity (Wildman–Crippen MR) is 58.8 cm³/mol. The fraction of sp³-hybridized carbons (Fsp3) is 0.800. The molecule has 0 spiro atoms. The van der Waals surface area contributed by atoms with Gasteiger partial charge >= 0.3 is 5.97 Å². The molecule has 0 aliphatic carbocycles. The SMILES string of the molecule is NC(=O)CC[C@H](NCCCCCO)C(=O)O. The van der Waals surface area contributed by atoms with E-state index in [0.29, 0.717) is 6.54 Å². The molecule has 0 unspecified atom stereocenters. The number of aliphatic hydroxyl groups excluding tert-OH is 1. The van der Waals surface area contributed by atoms with Gasteiger partial charge in [0.1, 0.15) is 6.04 Å². The smallest absolute Gasteiger partial charge is 0.320 e. The highest BCUT2D eigenvalue weighted by molar-refractivity contribution is 5.77. The third-order valence-corrected chi connectivity index (χ3v) is 2.20. The number of hydrogen-bond donors (Lipinski definition) is 4. The van der Waals surface area contributed by atoms with E-state index in [4.69, 9.17) is 15.9 Å². The third-order valence-electron chi connectivity index (χ3n) is 2.20. The molecule has 0 saturated carbocycles. The molecule has 0 fully saturated rings. The molecule has 0 rings (SSSR count). The first kappa shape index (κ1) is 14.9. The van der Waals surface area contributed by atoms with Crippen LogP contribution in [0.4, 0.5) is 0 Å². The van der Waals surface area contributed by atoms with Crippen molar-refractivity contribution < 1.29 is 19.8 Å². The first-order chi connectivity index (χ1) is 7.57. The molecule has 0 aliphatic rings. The molecular weight excluding hydrogens is 212 g/mol. The molecule has 0 radical (unpaired) electrons. The predicted octanol–water partition coefficient (Wildman–Crippen LogP) is -0.543. The Morgan fingerprint density at radius 3 is 2.44 bits per heavy atom. The van der Waals surface area contributed by atoms with Gasteiger partial charge < -0.3 is 21.3 Å². The van der Waals surface area contributed by atoms with Gasteiger partial charge in [0, 0.05) is 13.0 Å². The lowest BCUT2D eigenvalue weighted by atomic mass is 10.1. The van der Waals surface area contributed by atoms with Crippen LogP contribution in [0, 0.1) is 0 Å². The maximum Gasteiger partial charge on any atom is 0.320 e. The minimum Gasteiger partial charge on any atom is -0.480 e. The zero-order valence-electron chi connectivity index (χ0n) is 9.32. The van der Waals surface area contributed by atoms with Crippen LogP contribution in [0.15, 0.2) is 0 Å². The van der Waals surface area contributed by atoms with E-state index < -0.39 is 17.9 Å². The van der Waals surface area contributed by atoms with Crippen LogP contribution < -0.4 is 11.1 Å². The molecule has 0 aromatic carbocycles. The number of nitrogens with one attached hydrogen (secondary N) is 1. The maximum absolute atomic E-state index is 10.8. The Morgan fingerprint density at radius 1 is 1.25 bits per heavy atom. The fourth-order valence-electron chi connectivity index (χ4n) is 1.29. The summed E-state index contributed by atoms with van der Waals surface area (Å²) in [7, 11) is 0. The van der Waals surface area contributed by atoms with Crippen molar-refractivity contribution in [3.05, 3.63) is 0 Å². The number of carboxylic acid groups (broad SMARTS) is 1. The van der Waals surface area contributed by atoms with E-state index in [-0.39, 0.29) is 19.4 Å². The Hall–Kier alpha value is -1.14. The lowest BCUT2D eigenvalue weighted by Crippen LogP contribution is -2.38. The molecule has 16 heavy (non-hydrogen) atoms. The summed E-state index contributed by atoms with van der Waals surface area (Å²) >= 11 is 0. The Balaban J connectivity index is 3.68. The minimum atomic E-state index is -0.969. The number of unbranched alkanes of at least 4 members (excludes halogenated alkanes) is 2. The van der Waals surface area contributed by atoms with E-state index in [1.165, 1.54) is 0 Å². The number of carbonyl (C=O) groups excluding carboxylic acids is 1. The lowest BCUT2D eigenvalue weighted by Gasteiger charge is -2.13. The van der Waals surface area contributed by atoms with Gasteiger partial charge in [0.15, 0.2) is 0 Å². The molecule has 0 saturated heterocycles. The van der Waals surface area contributed by atoms with Gasteiger partial charge in [-0.05, 0) is 32.2 Å². The average Bonchev–Trinajstić information content (AvgIpc) is 2.21. The number of hydrogen-bond acceptors (Lipinski definition) is 4. The largest absolute Gasteiger partial charge is 0.480 e. The summed E-state index contributed by atoms with van der Waals surface area (Å²) in [5.41, 5.74) is 4.95. The van der Waals surface area contributed by atoms with Crippen molar-refractivity contribution in [1.29, 1.82) is 0 Å². The number of aliphatic carboxylic acids is 1. The molecule has 0 aromatic heterocycles. The molecule has 0 aromatic rings. The fourth-order valence-corrected chi connectivity index (χ4v) is 1.29. The summed E-state index contributed by atoms with van der Waals surface area (Å²) in [5.74, 6) is -1.46. The highest BCUT2D eigenvalue weighted by atomic mass is 16.4. The van der Waals surface area contributed by atoms with Gasteiger partial charge in [-0.1, -0.05) is 0 Å². The quantitative estimate of drug-likeness (QED) is 0.378. The average molecular weight is 232 g/mol.